The molecule has 0 N–H and O–H groups in total. The van der Waals surface area contributed by atoms with Crippen molar-refractivity contribution in [1.29, 1.82) is 0 Å². The van der Waals surface area contributed by atoms with E-state index in [4.69, 9.17) is 33.2 Å². The van der Waals surface area contributed by atoms with Gasteiger partial charge in [0.2, 0.25) is 6.79 Å². The molecule has 0 amide bonds. The van der Waals surface area contributed by atoms with Crippen molar-refractivity contribution in [3.63, 3.8) is 0 Å². The molecular weight excluding hydrogens is 498 g/mol. The van der Waals surface area contributed by atoms with E-state index in [2.05, 4.69) is 0 Å². The third-order valence-electron chi connectivity index (χ3n) is 6.69. The number of carbonyl (C=O) groups is 3. The standard InChI is InChI=1S/C27H25NO10/c1-32-16-7-6-14(25(29)34-3)19(24(16)33-2)23-21(27(31)36-5)20(26(30)35-4)22-15-11-18-17(37-12-38-18)10-13(15)8-9-28(22)23/h6-7,10-11H,8-9,12H2,1-5H3. The molecule has 5 rings (SSSR count). The van der Waals surface area contributed by atoms with Crippen molar-refractivity contribution >= 4 is 17.9 Å². The molecule has 11 heteroatoms. The molecule has 11 nitrogen and oxygen atoms in total. The van der Waals surface area contributed by atoms with Gasteiger partial charge in [0.15, 0.2) is 23.0 Å². The molecule has 2 aromatic carbocycles. The summed E-state index contributed by atoms with van der Waals surface area (Å²) in [5, 5.41) is 0. The highest BCUT2D eigenvalue weighted by Crippen LogP contribution is 2.50. The molecule has 0 radical (unpaired) electrons. The van der Waals surface area contributed by atoms with Gasteiger partial charge in [-0.3, -0.25) is 0 Å². The fourth-order valence-electron chi connectivity index (χ4n) is 5.07. The topological polar surface area (TPSA) is 121 Å². The highest BCUT2D eigenvalue weighted by atomic mass is 16.7. The van der Waals surface area contributed by atoms with Gasteiger partial charge in [0.25, 0.3) is 0 Å². The second-order valence-corrected chi connectivity index (χ2v) is 8.41. The van der Waals surface area contributed by atoms with E-state index >= 15 is 0 Å². The van der Waals surface area contributed by atoms with Crippen LogP contribution in [0, 0.1) is 0 Å². The molecule has 0 unspecified atom stereocenters. The van der Waals surface area contributed by atoms with Gasteiger partial charge in [0.05, 0.1) is 58.1 Å². The fraction of sp³-hybridized carbons (Fsp3) is 0.296. The summed E-state index contributed by atoms with van der Waals surface area (Å²) in [6.45, 7) is 0.421. The van der Waals surface area contributed by atoms with E-state index in [-0.39, 0.29) is 40.5 Å². The van der Waals surface area contributed by atoms with Gasteiger partial charge in [0, 0.05) is 12.1 Å². The first-order valence-corrected chi connectivity index (χ1v) is 11.6. The van der Waals surface area contributed by atoms with Gasteiger partial charge in [-0.1, -0.05) is 0 Å². The Morgan fingerprint density at radius 1 is 0.789 bits per heavy atom. The third-order valence-corrected chi connectivity index (χ3v) is 6.69. The van der Waals surface area contributed by atoms with Crippen LogP contribution in [-0.4, -0.2) is 64.8 Å². The van der Waals surface area contributed by atoms with Crippen LogP contribution in [0.25, 0.3) is 22.5 Å². The Labute approximate surface area is 217 Å². The first kappa shape index (κ1) is 25.0. The van der Waals surface area contributed by atoms with Gasteiger partial charge >= 0.3 is 17.9 Å². The number of benzene rings is 2. The van der Waals surface area contributed by atoms with Crippen molar-refractivity contribution < 1.29 is 47.5 Å². The molecule has 0 saturated heterocycles. The first-order valence-electron chi connectivity index (χ1n) is 11.6. The summed E-state index contributed by atoms with van der Waals surface area (Å²) in [7, 11) is 6.54. The van der Waals surface area contributed by atoms with Crippen molar-refractivity contribution in [3.8, 4) is 45.5 Å². The molecule has 0 aliphatic carbocycles. The quantitative estimate of drug-likeness (QED) is 0.351. The SMILES string of the molecule is COC(=O)c1ccc(OC)c(OC)c1-c1c(C(=O)OC)c(C(=O)OC)c2n1CCc1cc3c(cc1-2)OCO3. The number of nitrogens with zero attached hydrogens (tertiary/aromatic N) is 1. The zero-order chi connectivity index (χ0) is 27.1. The number of hydrogen-bond donors (Lipinski definition) is 0. The number of rotatable bonds is 6. The maximum absolute atomic E-state index is 13.4. The van der Waals surface area contributed by atoms with Crippen molar-refractivity contribution in [2.24, 2.45) is 0 Å². The summed E-state index contributed by atoms with van der Waals surface area (Å²) in [5.74, 6) is -0.650. The molecule has 0 atom stereocenters. The van der Waals surface area contributed by atoms with Crippen molar-refractivity contribution in [2.45, 2.75) is 13.0 Å². The molecule has 0 spiro atoms. The predicted octanol–water partition coefficient (Wildman–Crippen LogP) is 3.48. The summed E-state index contributed by atoms with van der Waals surface area (Å²) in [4.78, 5) is 39.7. The van der Waals surface area contributed by atoms with E-state index in [1.54, 1.807) is 16.7 Å². The highest BCUT2D eigenvalue weighted by molar-refractivity contribution is 6.14. The van der Waals surface area contributed by atoms with E-state index in [0.717, 1.165) is 5.56 Å². The number of ether oxygens (including phenoxy) is 7. The van der Waals surface area contributed by atoms with Crippen molar-refractivity contribution in [3.05, 3.63) is 46.5 Å². The second kappa shape index (κ2) is 9.66. The van der Waals surface area contributed by atoms with Gasteiger partial charge in [-0.05, 0) is 36.2 Å². The largest absolute Gasteiger partial charge is 0.493 e. The number of hydrogen-bond acceptors (Lipinski definition) is 10. The molecule has 0 saturated carbocycles. The zero-order valence-corrected chi connectivity index (χ0v) is 21.5. The lowest BCUT2D eigenvalue weighted by atomic mass is 9.94. The summed E-state index contributed by atoms with van der Waals surface area (Å²) < 4.78 is 39.4. The Bertz CT molecular complexity index is 1490. The summed E-state index contributed by atoms with van der Waals surface area (Å²) in [6.07, 6.45) is 0.529. The van der Waals surface area contributed by atoms with Gasteiger partial charge < -0.3 is 37.7 Å². The number of aryl methyl sites for hydroxylation is 1. The van der Waals surface area contributed by atoms with Crippen LogP contribution in [0.1, 0.15) is 36.6 Å². The van der Waals surface area contributed by atoms with Crippen molar-refractivity contribution in [2.75, 3.05) is 42.3 Å². The Hall–Kier alpha value is -4.67. The molecule has 2 aliphatic heterocycles. The van der Waals surface area contributed by atoms with Gasteiger partial charge in [-0.25, -0.2) is 14.4 Å². The van der Waals surface area contributed by atoms with Crippen molar-refractivity contribution in [1.82, 2.24) is 4.57 Å². The Morgan fingerprint density at radius 2 is 1.42 bits per heavy atom. The summed E-state index contributed by atoms with van der Waals surface area (Å²) in [6, 6.07) is 6.70. The average molecular weight is 523 g/mol. The number of aromatic nitrogens is 1. The number of methoxy groups -OCH3 is 5. The first-order chi connectivity index (χ1) is 18.4. The third kappa shape index (κ3) is 3.61. The summed E-state index contributed by atoms with van der Waals surface area (Å²) >= 11 is 0. The average Bonchev–Trinajstić information content (AvgIpc) is 3.55. The van der Waals surface area contributed by atoms with Gasteiger partial charge in [-0.2, -0.15) is 0 Å². The molecule has 198 valence electrons. The van der Waals surface area contributed by atoms with Crippen LogP contribution >= 0.6 is 0 Å². The zero-order valence-electron chi connectivity index (χ0n) is 21.5. The van der Waals surface area contributed by atoms with E-state index in [0.29, 0.717) is 41.5 Å². The monoisotopic (exact) mass is 523 g/mol. The fourth-order valence-corrected chi connectivity index (χ4v) is 5.07. The Morgan fingerprint density at radius 3 is 2.03 bits per heavy atom. The van der Waals surface area contributed by atoms with Gasteiger partial charge in [-0.15, -0.1) is 0 Å². The van der Waals surface area contributed by atoms with E-state index < -0.39 is 17.9 Å². The maximum Gasteiger partial charge on any atom is 0.340 e. The molecule has 3 heterocycles. The Balaban J connectivity index is 1.97. The van der Waals surface area contributed by atoms with E-state index in [1.807, 2.05) is 6.07 Å². The predicted molar refractivity (Wildman–Crippen MR) is 132 cm³/mol. The highest BCUT2D eigenvalue weighted by Gasteiger charge is 2.39. The van der Waals surface area contributed by atoms with E-state index in [9.17, 15) is 14.4 Å². The van der Waals surface area contributed by atoms with Gasteiger partial charge in [0.1, 0.15) is 11.1 Å². The van der Waals surface area contributed by atoms with Crippen LogP contribution in [-0.2, 0) is 27.2 Å². The molecule has 0 bridgehead atoms. The molecule has 0 fully saturated rings. The lowest BCUT2D eigenvalue weighted by Gasteiger charge is -2.24. The van der Waals surface area contributed by atoms with Crippen LogP contribution in [0.2, 0.25) is 0 Å². The lowest BCUT2D eigenvalue weighted by Crippen LogP contribution is -2.15. The second-order valence-electron chi connectivity index (χ2n) is 8.41. The molecule has 1 aromatic heterocycles. The minimum atomic E-state index is -0.801. The van der Waals surface area contributed by atoms with Crippen LogP contribution in [0.5, 0.6) is 23.0 Å². The molecule has 2 aliphatic rings. The summed E-state index contributed by atoms with van der Waals surface area (Å²) in [5.41, 5.74) is 2.38. The minimum Gasteiger partial charge on any atom is -0.493 e. The van der Waals surface area contributed by atoms with Crippen LogP contribution in [0.15, 0.2) is 24.3 Å². The normalized spacial score (nSPS) is 12.8. The number of esters is 3. The van der Waals surface area contributed by atoms with Crippen LogP contribution < -0.4 is 18.9 Å². The molecule has 3 aromatic rings. The molecule has 38 heavy (non-hydrogen) atoms. The van der Waals surface area contributed by atoms with E-state index in [1.165, 1.54) is 41.6 Å². The van der Waals surface area contributed by atoms with Crippen LogP contribution in [0.4, 0.5) is 0 Å². The van der Waals surface area contributed by atoms with Crippen LogP contribution in [0.3, 0.4) is 0 Å². The maximum atomic E-state index is 13.4. The number of carbonyl (C=O) groups excluding carboxylic acids is 3. The molecular formula is C27H25NO10. The Kier molecular flexibility index (Phi) is 6.35. The smallest absolute Gasteiger partial charge is 0.340 e. The lowest BCUT2D eigenvalue weighted by molar-refractivity contribution is 0.0557. The number of fused-ring (bicyclic) bond motifs is 4. The minimum absolute atomic E-state index is 0.0187.